The molecule has 4 aromatic rings. The van der Waals surface area contributed by atoms with Crippen LogP contribution in [0.2, 0.25) is 0 Å². The van der Waals surface area contributed by atoms with Gasteiger partial charge < -0.3 is 14.0 Å². The molecule has 2 aliphatic rings. The molecule has 0 atom stereocenters. The van der Waals surface area contributed by atoms with Crippen molar-refractivity contribution in [2.75, 3.05) is 18.4 Å². The molecule has 1 aliphatic heterocycles. The first-order valence-electron chi connectivity index (χ1n) is 10.8. The van der Waals surface area contributed by atoms with Crippen LogP contribution in [0.1, 0.15) is 28.7 Å². The van der Waals surface area contributed by atoms with Crippen LogP contribution in [-0.2, 0) is 35.8 Å². The SMILES string of the molecule is COc1cc2c(cc1S(=O)(=O)Nc1noc3cc(Cn4cccn4)c4c(c13)OCC4)CCC2. The second-order valence-corrected chi connectivity index (χ2v) is 9.93. The van der Waals surface area contributed by atoms with E-state index >= 15 is 0 Å². The van der Waals surface area contributed by atoms with E-state index in [1.807, 2.05) is 29.1 Å². The molecule has 170 valence electrons. The van der Waals surface area contributed by atoms with Crippen LogP contribution in [0.25, 0.3) is 11.0 Å². The molecular formula is C23H22N4O5S. The summed E-state index contributed by atoms with van der Waals surface area (Å²) in [5.41, 5.74) is 4.64. The lowest BCUT2D eigenvalue weighted by Gasteiger charge is -2.13. The number of hydrogen-bond donors (Lipinski definition) is 1. The number of aryl methyl sites for hydroxylation is 2. The van der Waals surface area contributed by atoms with Gasteiger partial charge in [0.25, 0.3) is 10.0 Å². The van der Waals surface area contributed by atoms with Gasteiger partial charge >= 0.3 is 0 Å². The molecule has 10 heteroatoms. The number of rotatable bonds is 6. The third-order valence-corrected chi connectivity index (χ3v) is 7.66. The number of nitrogens with one attached hydrogen (secondary N) is 1. The van der Waals surface area contributed by atoms with E-state index in [2.05, 4.69) is 15.0 Å². The molecule has 6 rings (SSSR count). The number of nitrogens with zero attached hydrogens (tertiary/aromatic N) is 3. The van der Waals surface area contributed by atoms with Crippen molar-refractivity contribution in [3.8, 4) is 11.5 Å². The molecule has 0 fully saturated rings. The maximum atomic E-state index is 13.4. The number of benzene rings is 2. The Morgan fingerprint density at radius 3 is 2.82 bits per heavy atom. The Kier molecular flexibility index (Phi) is 4.58. The summed E-state index contributed by atoms with van der Waals surface area (Å²) in [6.07, 6.45) is 7.12. The molecule has 2 aromatic heterocycles. The summed E-state index contributed by atoms with van der Waals surface area (Å²) in [5, 5.41) is 8.84. The van der Waals surface area contributed by atoms with E-state index in [1.165, 1.54) is 7.11 Å². The molecule has 2 aromatic carbocycles. The Bertz CT molecular complexity index is 1470. The largest absolute Gasteiger partial charge is 0.495 e. The Hall–Kier alpha value is -3.53. The van der Waals surface area contributed by atoms with Crippen molar-refractivity contribution in [3.05, 3.63) is 58.9 Å². The van der Waals surface area contributed by atoms with Crippen molar-refractivity contribution >= 4 is 26.8 Å². The number of fused-ring (bicyclic) bond motifs is 4. The molecular weight excluding hydrogens is 444 g/mol. The zero-order chi connectivity index (χ0) is 22.6. The fourth-order valence-electron chi connectivity index (χ4n) is 4.76. The summed E-state index contributed by atoms with van der Waals surface area (Å²) in [6.45, 7) is 1.07. The van der Waals surface area contributed by atoms with Crippen molar-refractivity contribution in [3.63, 3.8) is 0 Å². The van der Waals surface area contributed by atoms with Gasteiger partial charge in [-0.05, 0) is 60.2 Å². The number of anilines is 1. The van der Waals surface area contributed by atoms with Gasteiger partial charge in [-0.1, -0.05) is 5.16 Å². The summed E-state index contributed by atoms with van der Waals surface area (Å²) in [7, 11) is -2.50. The van der Waals surface area contributed by atoms with Gasteiger partial charge in [0.1, 0.15) is 21.8 Å². The van der Waals surface area contributed by atoms with E-state index in [0.29, 0.717) is 35.6 Å². The van der Waals surface area contributed by atoms with Crippen molar-refractivity contribution in [1.29, 1.82) is 0 Å². The molecule has 3 heterocycles. The molecule has 0 amide bonds. The van der Waals surface area contributed by atoms with Crippen LogP contribution in [0.4, 0.5) is 5.82 Å². The molecule has 1 N–H and O–H groups in total. The first-order chi connectivity index (χ1) is 16.0. The van der Waals surface area contributed by atoms with Gasteiger partial charge in [-0.25, -0.2) is 8.42 Å². The maximum absolute atomic E-state index is 13.4. The summed E-state index contributed by atoms with van der Waals surface area (Å²) in [4.78, 5) is 0.0923. The number of hydrogen-bond acceptors (Lipinski definition) is 7. The zero-order valence-electron chi connectivity index (χ0n) is 18.0. The average Bonchev–Trinajstić information content (AvgIpc) is 3.59. The van der Waals surface area contributed by atoms with Gasteiger partial charge in [-0.3, -0.25) is 9.40 Å². The van der Waals surface area contributed by atoms with Gasteiger partial charge in [-0.15, -0.1) is 0 Å². The Morgan fingerprint density at radius 2 is 2.03 bits per heavy atom. The van der Waals surface area contributed by atoms with E-state index in [1.54, 1.807) is 12.3 Å². The zero-order valence-corrected chi connectivity index (χ0v) is 18.8. The minimum absolute atomic E-state index is 0.0923. The molecule has 1 aliphatic carbocycles. The average molecular weight is 467 g/mol. The van der Waals surface area contributed by atoms with E-state index < -0.39 is 10.0 Å². The Labute approximate surface area is 190 Å². The quantitative estimate of drug-likeness (QED) is 0.464. The lowest BCUT2D eigenvalue weighted by molar-refractivity contribution is 0.360. The highest BCUT2D eigenvalue weighted by Crippen LogP contribution is 2.42. The van der Waals surface area contributed by atoms with Crippen LogP contribution in [-0.4, -0.2) is 37.1 Å². The Morgan fingerprint density at radius 1 is 1.18 bits per heavy atom. The van der Waals surface area contributed by atoms with Gasteiger partial charge in [0.2, 0.25) is 0 Å². The summed E-state index contributed by atoms with van der Waals surface area (Å²) in [5.74, 6) is 1.03. The van der Waals surface area contributed by atoms with Gasteiger partial charge in [0.15, 0.2) is 11.4 Å². The third-order valence-electron chi connectivity index (χ3n) is 6.30. The van der Waals surface area contributed by atoms with Crippen LogP contribution in [0.15, 0.2) is 46.1 Å². The van der Waals surface area contributed by atoms with Gasteiger partial charge in [-0.2, -0.15) is 5.10 Å². The smallest absolute Gasteiger partial charge is 0.266 e. The first kappa shape index (κ1) is 20.1. The molecule has 0 radical (unpaired) electrons. The monoisotopic (exact) mass is 466 g/mol. The predicted molar refractivity (Wildman–Crippen MR) is 120 cm³/mol. The predicted octanol–water partition coefficient (Wildman–Crippen LogP) is 3.31. The summed E-state index contributed by atoms with van der Waals surface area (Å²) in [6, 6.07) is 7.27. The van der Waals surface area contributed by atoms with Crippen molar-refractivity contribution < 1.29 is 22.4 Å². The first-order valence-corrected chi connectivity index (χ1v) is 12.3. The van der Waals surface area contributed by atoms with Crippen molar-refractivity contribution in [2.45, 2.75) is 37.1 Å². The second kappa shape index (κ2) is 7.51. The van der Waals surface area contributed by atoms with Gasteiger partial charge in [0.05, 0.1) is 20.3 Å². The highest BCUT2D eigenvalue weighted by Gasteiger charge is 2.29. The van der Waals surface area contributed by atoms with E-state index in [-0.39, 0.29) is 10.7 Å². The van der Waals surface area contributed by atoms with Crippen LogP contribution in [0.3, 0.4) is 0 Å². The lowest BCUT2D eigenvalue weighted by Crippen LogP contribution is -2.15. The molecule has 0 saturated heterocycles. The third kappa shape index (κ3) is 3.32. The van der Waals surface area contributed by atoms with Gasteiger partial charge in [0, 0.05) is 24.4 Å². The van der Waals surface area contributed by atoms with E-state index in [9.17, 15) is 8.42 Å². The van der Waals surface area contributed by atoms with E-state index in [0.717, 1.165) is 47.9 Å². The van der Waals surface area contributed by atoms with Crippen LogP contribution >= 0.6 is 0 Å². The molecule has 0 saturated carbocycles. The highest BCUT2D eigenvalue weighted by atomic mass is 32.2. The van der Waals surface area contributed by atoms with E-state index in [4.69, 9.17) is 14.0 Å². The summed E-state index contributed by atoms with van der Waals surface area (Å²) < 4.78 is 48.0. The van der Waals surface area contributed by atoms with Crippen molar-refractivity contribution in [2.24, 2.45) is 0 Å². The Balaban J connectivity index is 1.41. The molecule has 33 heavy (non-hydrogen) atoms. The normalized spacial score (nSPS) is 14.8. The molecule has 0 bridgehead atoms. The number of sulfonamides is 1. The minimum atomic E-state index is -3.97. The van der Waals surface area contributed by atoms with Crippen LogP contribution in [0, 0.1) is 0 Å². The molecule has 9 nitrogen and oxygen atoms in total. The maximum Gasteiger partial charge on any atom is 0.266 e. The number of ether oxygens (including phenoxy) is 2. The fourth-order valence-corrected chi connectivity index (χ4v) is 5.97. The van der Waals surface area contributed by atoms with Crippen LogP contribution < -0.4 is 14.2 Å². The highest BCUT2D eigenvalue weighted by molar-refractivity contribution is 7.92. The minimum Gasteiger partial charge on any atom is -0.495 e. The topological polar surface area (TPSA) is 108 Å². The fraction of sp³-hybridized carbons (Fsp3) is 0.304. The lowest BCUT2D eigenvalue weighted by atomic mass is 10.0. The van der Waals surface area contributed by atoms with Crippen molar-refractivity contribution in [1.82, 2.24) is 14.9 Å². The number of methoxy groups -OCH3 is 1. The summed E-state index contributed by atoms with van der Waals surface area (Å²) >= 11 is 0. The number of aromatic nitrogens is 3. The van der Waals surface area contributed by atoms with Crippen LogP contribution in [0.5, 0.6) is 11.5 Å². The second-order valence-electron chi connectivity index (χ2n) is 8.28. The molecule has 0 spiro atoms. The standard InChI is InChI=1S/C23H22N4O5S/c1-30-18-10-14-4-2-5-15(14)12-20(18)33(28,29)26-23-21-19(32-25-23)11-16(13-27-8-3-7-24-27)17-6-9-31-22(17)21/h3,7-8,10-12H,2,4-6,9,13H2,1H3,(H,25,26). The molecule has 0 unspecified atom stereocenters.